The highest BCUT2D eigenvalue weighted by Crippen LogP contribution is 2.27. The van der Waals surface area contributed by atoms with Gasteiger partial charge in [0, 0.05) is 24.8 Å². The van der Waals surface area contributed by atoms with Crippen LogP contribution in [0.2, 0.25) is 0 Å². The Balaban J connectivity index is 1.65. The fourth-order valence-electron chi connectivity index (χ4n) is 3.62. The van der Waals surface area contributed by atoms with Gasteiger partial charge in [-0.15, -0.1) is 0 Å². The molecule has 0 aliphatic carbocycles. The molecule has 0 saturated carbocycles. The first-order chi connectivity index (χ1) is 12.2. The number of hydrogen-bond donors (Lipinski definition) is 1. The maximum absolute atomic E-state index is 6.34. The molecule has 134 valence electrons. The molecule has 1 fully saturated rings. The van der Waals surface area contributed by atoms with Crippen LogP contribution in [0, 0.1) is 5.92 Å². The first-order valence-corrected chi connectivity index (χ1v) is 9.04. The molecule has 0 amide bonds. The standard InChI is InChI=1S/C21H28N2O2/c1-3-25-21-10-6-19(7-11-21)23-14-17(13-18(22)15-23)12-16-4-8-20(24-2)9-5-16/h4-11,17-18H,3,12-15,22H2,1-2H3. The smallest absolute Gasteiger partial charge is 0.119 e. The van der Waals surface area contributed by atoms with E-state index in [4.69, 9.17) is 15.2 Å². The van der Waals surface area contributed by atoms with E-state index in [2.05, 4.69) is 29.2 Å². The minimum atomic E-state index is 0.212. The van der Waals surface area contributed by atoms with Crippen molar-refractivity contribution in [3.8, 4) is 11.5 Å². The molecule has 0 bridgehead atoms. The van der Waals surface area contributed by atoms with Gasteiger partial charge < -0.3 is 20.1 Å². The average Bonchev–Trinajstić information content (AvgIpc) is 2.63. The van der Waals surface area contributed by atoms with Crippen LogP contribution in [0.25, 0.3) is 0 Å². The lowest BCUT2D eigenvalue weighted by molar-refractivity contribution is 0.340. The zero-order valence-corrected chi connectivity index (χ0v) is 15.2. The fourth-order valence-corrected chi connectivity index (χ4v) is 3.62. The van der Waals surface area contributed by atoms with Crippen LogP contribution in [0.15, 0.2) is 48.5 Å². The van der Waals surface area contributed by atoms with E-state index in [-0.39, 0.29) is 6.04 Å². The topological polar surface area (TPSA) is 47.7 Å². The monoisotopic (exact) mass is 340 g/mol. The number of rotatable bonds is 6. The van der Waals surface area contributed by atoms with Gasteiger partial charge in [0.05, 0.1) is 13.7 Å². The summed E-state index contributed by atoms with van der Waals surface area (Å²) in [4.78, 5) is 2.40. The maximum Gasteiger partial charge on any atom is 0.119 e. The molecule has 2 aromatic carbocycles. The predicted octanol–water partition coefficient (Wildman–Crippen LogP) is 3.49. The summed E-state index contributed by atoms with van der Waals surface area (Å²) in [6.45, 7) is 4.64. The second kappa shape index (κ2) is 8.26. The summed E-state index contributed by atoms with van der Waals surface area (Å²) >= 11 is 0. The third-order valence-corrected chi connectivity index (χ3v) is 4.77. The van der Waals surface area contributed by atoms with Crippen molar-refractivity contribution in [1.29, 1.82) is 0 Å². The highest BCUT2D eigenvalue weighted by atomic mass is 16.5. The van der Waals surface area contributed by atoms with Gasteiger partial charge >= 0.3 is 0 Å². The number of methoxy groups -OCH3 is 1. The number of ether oxygens (including phenoxy) is 2. The van der Waals surface area contributed by atoms with Crippen LogP contribution in [0.1, 0.15) is 18.9 Å². The van der Waals surface area contributed by atoms with E-state index >= 15 is 0 Å². The van der Waals surface area contributed by atoms with Crippen molar-refractivity contribution in [2.75, 3.05) is 31.7 Å². The molecule has 0 aromatic heterocycles. The Morgan fingerprint density at radius 1 is 1.00 bits per heavy atom. The van der Waals surface area contributed by atoms with Gasteiger partial charge in [-0.25, -0.2) is 0 Å². The van der Waals surface area contributed by atoms with Crippen LogP contribution in [0.3, 0.4) is 0 Å². The lowest BCUT2D eigenvalue weighted by Gasteiger charge is -2.38. The van der Waals surface area contributed by atoms with Crippen molar-refractivity contribution in [2.45, 2.75) is 25.8 Å². The molecule has 25 heavy (non-hydrogen) atoms. The molecule has 0 radical (unpaired) electrons. The van der Waals surface area contributed by atoms with Crippen LogP contribution in [0.4, 0.5) is 5.69 Å². The minimum absolute atomic E-state index is 0.212. The zero-order valence-electron chi connectivity index (χ0n) is 15.2. The minimum Gasteiger partial charge on any atom is -0.497 e. The molecular formula is C21H28N2O2. The molecule has 2 aromatic rings. The van der Waals surface area contributed by atoms with Gasteiger partial charge in [0.15, 0.2) is 0 Å². The van der Waals surface area contributed by atoms with Crippen LogP contribution in [-0.2, 0) is 6.42 Å². The summed E-state index contributed by atoms with van der Waals surface area (Å²) in [7, 11) is 1.70. The molecule has 1 saturated heterocycles. The van der Waals surface area contributed by atoms with Crippen LogP contribution < -0.4 is 20.1 Å². The van der Waals surface area contributed by atoms with Gasteiger partial charge in [-0.3, -0.25) is 0 Å². The second-order valence-corrected chi connectivity index (χ2v) is 6.75. The van der Waals surface area contributed by atoms with E-state index in [1.165, 1.54) is 11.3 Å². The van der Waals surface area contributed by atoms with Gasteiger partial charge in [-0.1, -0.05) is 12.1 Å². The maximum atomic E-state index is 6.34. The van der Waals surface area contributed by atoms with E-state index < -0.39 is 0 Å². The van der Waals surface area contributed by atoms with Crippen molar-refractivity contribution in [2.24, 2.45) is 11.7 Å². The van der Waals surface area contributed by atoms with Crippen molar-refractivity contribution in [1.82, 2.24) is 0 Å². The van der Waals surface area contributed by atoms with E-state index in [0.29, 0.717) is 12.5 Å². The first-order valence-electron chi connectivity index (χ1n) is 9.04. The van der Waals surface area contributed by atoms with Gasteiger partial charge in [0.2, 0.25) is 0 Å². The van der Waals surface area contributed by atoms with Crippen molar-refractivity contribution >= 4 is 5.69 Å². The SMILES string of the molecule is CCOc1ccc(N2CC(N)CC(Cc3ccc(OC)cc3)C2)cc1. The van der Waals surface area contributed by atoms with Gasteiger partial charge in [-0.05, 0) is 67.6 Å². The fraction of sp³-hybridized carbons (Fsp3) is 0.429. The molecule has 4 heteroatoms. The number of anilines is 1. The van der Waals surface area contributed by atoms with Crippen LogP contribution in [-0.4, -0.2) is 32.8 Å². The molecule has 0 spiro atoms. The molecular weight excluding hydrogens is 312 g/mol. The highest BCUT2D eigenvalue weighted by molar-refractivity contribution is 5.50. The Labute approximate surface area is 150 Å². The Morgan fingerprint density at radius 3 is 2.32 bits per heavy atom. The van der Waals surface area contributed by atoms with Crippen molar-refractivity contribution < 1.29 is 9.47 Å². The van der Waals surface area contributed by atoms with Gasteiger partial charge in [-0.2, -0.15) is 0 Å². The number of nitrogens with two attached hydrogens (primary N) is 1. The summed E-state index contributed by atoms with van der Waals surface area (Å²) in [5.41, 5.74) is 8.90. The van der Waals surface area contributed by atoms with Crippen LogP contribution in [0.5, 0.6) is 11.5 Å². The third-order valence-electron chi connectivity index (χ3n) is 4.77. The summed E-state index contributed by atoms with van der Waals surface area (Å²) in [6, 6.07) is 16.9. The summed E-state index contributed by atoms with van der Waals surface area (Å²) < 4.78 is 10.8. The lowest BCUT2D eigenvalue weighted by atomic mass is 9.88. The van der Waals surface area contributed by atoms with Gasteiger partial charge in [0.1, 0.15) is 11.5 Å². The van der Waals surface area contributed by atoms with E-state index in [0.717, 1.165) is 37.4 Å². The summed E-state index contributed by atoms with van der Waals surface area (Å²) in [5, 5.41) is 0. The highest BCUT2D eigenvalue weighted by Gasteiger charge is 2.25. The summed E-state index contributed by atoms with van der Waals surface area (Å²) in [5.74, 6) is 2.38. The number of benzene rings is 2. The molecule has 1 aliphatic heterocycles. The third kappa shape index (κ3) is 4.67. The van der Waals surface area contributed by atoms with E-state index in [1.807, 2.05) is 31.2 Å². The number of nitrogens with zero attached hydrogens (tertiary/aromatic N) is 1. The molecule has 3 rings (SSSR count). The summed E-state index contributed by atoms with van der Waals surface area (Å²) in [6.07, 6.45) is 2.12. The van der Waals surface area contributed by atoms with E-state index in [1.54, 1.807) is 7.11 Å². The molecule has 2 atom stereocenters. The van der Waals surface area contributed by atoms with E-state index in [9.17, 15) is 0 Å². The zero-order chi connectivity index (χ0) is 17.6. The predicted molar refractivity (Wildman–Crippen MR) is 103 cm³/mol. The Morgan fingerprint density at radius 2 is 1.68 bits per heavy atom. The number of piperidine rings is 1. The molecule has 1 aliphatic rings. The normalized spacial score (nSPS) is 20.4. The molecule has 1 heterocycles. The molecule has 4 nitrogen and oxygen atoms in total. The Bertz CT molecular complexity index is 655. The van der Waals surface area contributed by atoms with Crippen LogP contribution >= 0.6 is 0 Å². The van der Waals surface area contributed by atoms with Gasteiger partial charge in [0.25, 0.3) is 0 Å². The van der Waals surface area contributed by atoms with Crippen molar-refractivity contribution in [3.05, 3.63) is 54.1 Å². The van der Waals surface area contributed by atoms with Crippen molar-refractivity contribution in [3.63, 3.8) is 0 Å². The Kier molecular flexibility index (Phi) is 5.82. The Hall–Kier alpha value is -2.20. The first kappa shape index (κ1) is 17.6. The largest absolute Gasteiger partial charge is 0.497 e. The number of hydrogen-bond acceptors (Lipinski definition) is 4. The lowest BCUT2D eigenvalue weighted by Crippen LogP contribution is -2.47. The average molecular weight is 340 g/mol. The quantitative estimate of drug-likeness (QED) is 0.874. The second-order valence-electron chi connectivity index (χ2n) is 6.75. The molecule has 2 unspecified atom stereocenters. The molecule has 2 N–H and O–H groups in total.